The molecule has 0 saturated carbocycles. The van der Waals surface area contributed by atoms with Crippen LogP contribution in [0.25, 0.3) is 0 Å². The molecule has 27 heavy (non-hydrogen) atoms. The number of piperazine rings is 1. The maximum atomic E-state index is 12.7. The number of phenolic OH excluding ortho intramolecular Hbond substituents is 1. The first-order valence-corrected chi connectivity index (χ1v) is 9.20. The molecule has 4 rings (SSSR count). The van der Waals surface area contributed by atoms with Gasteiger partial charge in [0, 0.05) is 11.8 Å². The quantitative estimate of drug-likeness (QED) is 0.744. The van der Waals surface area contributed by atoms with Crippen LogP contribution in [0.3, 0.4) is 0 Å². The van der Waals surface area contributed by atoms with Crippen LogP contribution >= 0.6 is 0 Å². The normalized spacial score (nSPS) is 17.6. The van der Waals surface area contributed by atoms with Gasteiger partial charge in [-0.05, 0) is 31.2 Å². The molecule has 0 aliphatic carbocycles. The van der Waals surface area contributed by atoms with Crippen LogP contribution in [0.1, 0.15) is 6.92 Å². The monoisotopic (exact) mass is 370 g/mol. The SMILES string of the molecule is C[C@@H](C(=O)Nc1ccc2c(c1)OCO2)[NH+]1CCN(c2ccccc2O)CC1. The Bertz CT molecular complexity index is 834. The second-order valence-electron chi connectivity index (χ2n) is 6.91. The zero-order chi connectivity index (χ0) is 18.8. The fraction of sp³-hybridized carbons (Fsp3) is 0.350. The fourth-order valence-electron chi connectivity index (χ4n) is 3.61. The van der Waals surface area contributed by atoms with E-state index in [-0.39, 0.29) is 18.7 Å². The van der Waals surface area contributed by atoms with E-state index in [4.69, 9.17) is 9.47 Å². The van der Waals surface area contributed by atoms with E-state index >= 15 is 0 Å². The molecule has 0 spiro atoms. The zero-order valence-electron chi connectivity index (χ0n) is 15.3. The van der Waals surface area contributed by atoms with Gasteiger partial charge in [0.15, 0.2) is 17.5 Å². The molecule has 2 aromatic rings. The molecule has 0 radical (unpaired) electrons. The van der Waals surface area contributed by atoms with Crippen molar-refractivity contribution in [2.24, 2.45) is 0 Å². The summed E-state index contributed by atoms with van der Waals surface area (Å²) in [6.07, 6.45) is 0. The molecule has 2 heterocycles. The lowest BCUT2D eigenvalue weighted by Gasteiger charge is -2.36. The molecule has 0 unspecified atom stereocenters. The predicted molar refractivity (Wildman–Crippen MR) is 102 cm³/mol. The predicted octanol–water partition coefficient (Wildman–Crippen LogP) is 0.853. The van der Waals surface area contributed by atoms with Crippen molar-refractivity contribution in [3.8, 4) is 17.2 Å². The molecule has 7 nitrogen and oxygen atoms in total. The number of quaternary nitrogens is 1. The van der Waals surface area contributed by atoms with Crippen LogP contribution in [0.4, 0.5) is 11.4 Å². The van der Waals surface area contributed by atoms with Gasteiger partial charge in [-0.3, -0.25) is 4.79 Å². The summed E-state index contributed by atoms with van der Waals surface area (Å²) in [5.41, 5.74) is 1.57. The molecule has 2 aliphatic rings. The summed E-state index contributed by atoms with van der Waals surface area (Å²) in [5.74, 6) is 1.64. The van der Waals surface area contributed by atoms with E-state index in [0.717, 1.165) is 31.9 Å². The Morgan fingerprint density at radius 3 is 2.67 bits per heavy atom. The minimum absolute atomic E-state index is 0.0140. The lowest BCUT2D eigenvalue weighted by Crippen LogP contribution is -3.19. The van der Waals surface area contributed by atoms with E-state index in [2.05, 4.69) is 10.2 Å². The number of fused-ring (bicyclic) bond motifs is 1. The average molecular weight is 370 g/mol. The van der Waals surface area contributed by atoms with Crippen molar-refractivity contribution in [2.75, 3.05) is 43.2 Å². The Labute approximate surface area is 158 Å². The smallest absolute Gasteiger partial charge is 0.282 e. The molecule has 2 aromatic carbocycles. The Kier molecular flexibility index (Phi) is 4.77. The largest absolute Gasteiger partial charge is 0.506 e. The fourth-order valence-corrected chi connectivity index (χ4v) is 3.61. The molecule has 2 aliphatic heterocycles. The highest BCUT2D eigenvalue weighted by Crippen LogP contribution is 2.34. The summed E-state index contributed by atoms with van der Waals surface area (Å²) in [7, 11) is 0. The molecule has 142 valence electrons. The van der Waals surface area contributed by atoms with E-state index in [1.165, 1.54) is 4.90 Å². The van der Waals surface area contributed by atoms with E-state index in [1.54, 1.807) is 18.2 Å². The summed E-state index contributed by atoms with van der Waals surface area (Å²) < 4.78 is 10.7. The van der Waals surface area contributed by atoms with Gasteiger partial charge in [0.05, 0.1) is 31.9 Å². The molecular formula is C20H24N3O4+. The highest BCUT2D eigenvalue weighted by molar-refractivity contribution is 5.94. The van der Waals surface area contributed by atoms with Gasteiger partial charge in [-0.1, -0.05) is 12.1 Å². The molecule has 3 N–H and O–H groups in total. The number of benzene rings is 2. The summed E-state index contributed by atoms with van der Waals surface area (Å²) in [5, 5.41) is 13.0. The van der Waals surface area contributed by atoms with Gasteiger partial charge in [-0.25, -0.2) is 0 Å². The maximum Gasteiger partial charge on any atom is 0.282 e. The highest BCUT2D eigenvalue weighted by atomic mass is 16.7. The average Bonchev–Trinajstić information content (AvgIpc) is 3.16. The number of carbonyl (C=O) groups excluding carboxylic acids is 1. The number of anilines is 2. The molecule has 1 atom stereocenters. The maximum absolute atomic E-state index is 12.7. The Morgan fingerprint density at radius 2 is 1.89 bits per heavy atom. The number of carbonyl (C=O) groups is 1. The zero-order valence-corrected chi connectivity index (χ0v) is 15.3. The number of nitrogens with one attached hydrogen (secondary N) is 2. The molecule has 1 amide bonds. The van der Waals surface area contributed by atoms with Crippen molar-refractivity contribution in [1.29, 1.82) is 0 Å². The Hall–Kier alpha value is -2.93. The van der Waals surface area contributed by atoms with E-state index in [9.17, 15) is 9.90 Å². The highest BCUT2D eigenvalue weighted by Gasteiger charge is 2.30. The van der Waals surface area contributed by atoms with Crippen LogP contribution in [0.2, 0.25) is 0 Å². The lowest BCUT2D eigenvalue weighted by molar-refractivity contribution is -0.914. The lowest BCUT2D eigenvalue weighted by atomic mass is 10.2. The van der Waals surface area contributed by atoms with E-state index in [0.29, 0.717) is 22.9 Å². The summed E-state index contributed by atoms with van der Waals surface area (Å²) >= 11 is 0. The molecule has 0 aromatic heterocycles. The van der Waals surface area contributed by atoms with Crippen LogP contribution in [-0.2, 0) is 4.79 Å². The van der Waals surface area contributed by atoms with Crippen molar-refractivity contribution in [2.45, 2.75) is 13.0 Å². The van der Waals surface area contributed by atoms with Crippen molar-refractivity contribution >= 4 is 17.3 Å². The van der Waals surface area contributed by atoms with Gasteiger partial charge in [-0.2, -0.15) is 0 Å². The van der Waals surface area contributed by atoms with Gasteiger partial charge in [0.25, 0.3) is 5.91 Å². The third-order valence-corrected chi connectivity index (χ3v) is 5.27. The first-order chi connectivity index (χ1) is 13.1. The van der Waals surface area contributed by atoms with Crippen molar-refractivity contribution in [3.05, 3.63) is 42.5 Å². The van der Waals surface area contributed by atoms with Crippen LogP contribution in [0, 0.1) is 0 Å². The minimum Gasteiger partial charge on any atom is -0.506 e. The number of nitrogens with zero attached hydrogens (tertiary/aromatic N) is 1. The summed E-state index contributed by atoms with van der Waals surface area (Å²) in [6.45, 7) is 5.44. The standard InChI is InChI=1S/C20H23N3O4/c1-14(20(25)21-15-6-7-18-19(12-15)27-13-26-18)22-8-10-23(11-9-22)16-4-2-3-5-17(16)24/h2-7,12,14,24H,8-11,13H2,1H3,(H,21,25)/p+1/t14-/m0/s1. The number of amides is 1. The van der Waals surface area contributed by atoms with E-state index < -0.39 is 0 Å². The van der Waals surface area contributed by atoms with Gasteiger partial charge in [-0.15, -0.1) is 0 Å². The topological polar surface area (TPSA) is 75.5 Å². The molecule has 1 saturated heterocycles. The van der Waals surface area contributed by atoms with Gasteiger partial charge in [0.2, 0.25) is 6.79 Å². The number of hydrogen-bond donors (Lipinski definition) is 3. The molecule has 0 bridgehead atoms. The van der Waals surface area contributed by atoms with Gasteiger partial charge >= 0.3 is 0 Å². The number of phenols is 1. The molecule has 1 fully saturated rings. The van der Waals surface area contributed by atoms with Crippen LogP contribution in [-0.4, -0.2) is 50.0 Å². The third kappa shape index (κ3) is 3.64. The first kappa shape index (κ1) is 17.5. The van der Waals surface area contributed by atoms with E-state index in [1.807, 2.05) is 31.2 Å². The molecule has 7 heteroatoms. The first-order valence-electron chi connectivity index (χ1n) is 9.20. The van der Waals surface area contributed by atoms with Crippen LogP contribution < -0.4 is 24.6 Å². The number of rotatable bonds is 4. The Morgan fingerprint density at radius 1 is 1.15 bits per heavy atom. The van der Waals surface area contributed by atoms with Gasteiger partial charge < -0.3 is 29.7 Å². The second kappa shape index (κ2) is 7.36. The van der Waals surface area contributed by atoms with Crippen molar-refractivity contribution < 1.29 is 24.3 Å². The number of ether oxygens (including phenoxy) is 2. The van der Waals surface area contributed by atoms with Crippen LogP contribution in [0.5, 0.6) is 17.2 Å². The summed E-state index contributed by atoms with van der Waals surface area (Å²) in [6, 6.07) is 12.6. The number of hydrogen-bond acceptors (Lipinski definition) is 5. The second-order valence-corrected chi connectivity index (χ2v) is 6.91. The number of para-hydroxylation sites is 2. The van der Waals surface area contributed by atoms with Crippen molar-refractivity contribution in [3.63, 3.8) is 0 Å². The Balaban J connectivity index is 1.34. The third-order valence-electron chi connectivity index (χ3n) is 5.27. The summed E-state index contributed by atoms with van der Waals surface area (Å²) in [4.78, 5) is 16.1. The molecular weight excluding hydrogens is 346 g/mol. The van der Waals surface area contributed by atoms with Gasteiger partial charge in [0.1, 0.15) is 5.75 Å². The number of aromatic hydroxyl groups is 1. The van der Waals surface area contributed by atoms with Crippen molar-refractivity contribution in [1.82, 2.24) is 0 Å². The minimum atomic E-state index is -0.165. The van der Waals surface area contributed by atoms with Crippen LogP contribution in [0.15, 0.2) is 42.5 Å².